The fourth-order valence-corrected chi connectivity index (χ4v) is 1.82. The van der Waals surface area contributed by atoms with Gasteiger partial charge in [0.15, 0.2) is 11.5 Å². The molecule has 0 atom stereocenters. The topological polar surface area (TPSA) is 70.9 Å². The van der Waals surface area contributed by atoms with E-state index in [0.29, 0.717) is 21.9 Å². The second-order valence-electron chi connectivity index (χ2n) is 4.14. The SMILES string of the molecule is COc1cc(C=NNC(=O)c2cccc(Cl)c2)ccc1O. The first-order valence-corrected chi connectivity index (χ1v) is 6.44. The molecule has 21 heavy (non-hydrogen) atoms. The third-order valence-corrected chi connectivity index (χ3v) is 2.91. The van der Waals surface area contributed by atoms with Gasteiger partial charge in [-0.15, -0.1) is 0 Å². The van der Waals surface area contributed by atoms with E-state index in [1.165, 1.54) is 19.4 Å². The van der Waals surface area contributed by atoms with Crippen LogP contribution in [-0.4, -0.2) is 24.3 Å². The number of phenols is 1. The normalized spacial score (nSPS) is 10.6. The van der Waals surface area contributed by atoms with E-state index in [2.05, 4.69) is 10.5 Å². The quantitative estimate of drug-likeness (QED) is 0.674. The number of nitrogens with one attached hydrogen (secondary N) is 1. The van der Waals surface area contributed by atoms with Crippen LogP contribution in [0.5, 0.6) is 11.5 Å². The lowest BCUT2D eigenvalue weighted by molar-refractivity contribution is 0.0955. The number of aromatic hydroxyl groups is 1. The molecule has 0 aromatic heterocycles. The van der Waals surface area contributed by atoms with Gasteiger partial charge in [0, 0.05) is 10.6 Å². The molecule has 0 aliphatic rings. The molecule has 6 heteroatoms. The number of rotatable bonds is 4. The third kappa shape index (κ3) is 3.97. The van der Waals surface area contributed by atoms with Crippen molar-refractivity contribution in [3.8, 4) is 11.5 Å². The number of carbonyl (C=O) groups is 1. The molecule has 0 heterocycles. The molecule has 0 saturated carbocycles. The predicted molar refractivity (Wildman–Crippen MR) is 81.2 cm³/mol. The van der Waals surface area contributed by atoms with E-state index in [-0.39, 0.29) is 11.7 Å². The summed E-state index contributed by atoms with van der Waals surface area (Å²) in [5.74, 6) is 0.0113. The first-order chi connectivity index (χ1) is 10.1. The molecule has 0 aliphatic carbocycles. The minimum Gasteiger partial charge on any atom is -0.504 e. The number of phenolic OH excluding ortho intramolecular Hbond substituents is 1. The van der Waals surface area contributed by atoms with Crippen LogP contribution in [0.15, 0.2) is 47.6 Å². The molecule has 5 nitrogen and oxygen atoms in total. The molecule has 2 aromatic carbocycles. The minimum atomic E-state index is -0.362. The summed E-state index contributed by atoms with van der Waals surface area (Å²) in [6.07, 6.45) is 1.45. The summed E-state index contributed by atoms with van der Waals surface area (Å²) in [5.41, 5.74) is 3.49. The fraction of sp³-hybridized carbons (Fsp3) is 0.0667. The van der Waals surface area contributed by atoms with Crippen molar-refractivity contribution in [3.63, 3.8) is 0 Å². The van der Waals surface area contributed by atoms with Crippen LogP contribution in [0.1, 0.15) is 15.9 Å². The van der Waals surface area contributed by atoms with Gasteiger partial charge in [0.25, 0.3) is 5.91 Å². The molecule has 2 rings (SSSR count). The van der Waals surface area contributed by atoms with Crippen molar-refractivity contribution in [3.05, 3.63) is 58.6 Å². The minimum absolute atomic E-state index is 0.0395. The summed E-state index contributed by atoms with van der Waals surface area (Å²) in [5, 5.41) is 13.8. The van der Waals surface area contributed by atoms with Gasteiger partial charge in [-0.25, -0.2) is 5.43 Å². The molecular formula is C15H13ClN2O3. The van der Waals surface area contributed by atoms with Crippen LogP contribution >= 0.6 is 11.6 Å². The Labute approximate surface area is 126 Å². The lowest BCUT2D eigenvalue weighted by atomic mass is 10.2. The monoisotopic (exact) mass is 304 g/mol. The molecular weight excluding hydrogens is 292 g/mol. The Balaban J connectivity index is 2.04. The van der Waals surface area contributed by atoms with E-state index in [4.69, 9.17) is 16.3 Å². The van der Waals surface area contributed by atoms with Crippen molar-refractivity contribution in [1.82, 2.24) is 5.43 Å². The number of halogens is 1. The van der Waals surface area contributed by atoms with Gasteiger partial charge in [0.05, 0.1) is 13.3 Å². The first kappa shape index (κ1) is 14.9. The number of hydrazone groups is 1. The molecule has 0 unspecified atom stereocenters. The molecule has 2 N–H and O–H groups in total. The summed E-state index contributed by atoms with van der Waals surface area (Å²) >= 11 is 5.81. The molecule has 0 radical (unpaired) electrons. The van der Waals surface area contributed by atoms with E-state index >= 15 is 0 Å². The van der Waals surface area contributed by atoms with E-state index in [9.17, 15) is 9.90 Å². The molecule has 0 aliphatic heterocycles. The average Bonchev–Trinajstić information content (AvgIpc) is 2.48. The smallest absolute Gasteiger partial charge is 0.271 e. The fourth-order valence-electron chi connectivity index (χ4n) is 1.63. The van der Waals surface area contributed by atoms with Crippen LogP contribution in [0.25, 0.3) is 0 Å². The first-order valence-electron chi connectivity index (χ1n) is 6.06. The molecule has 0 bridgehead atoms. The number of hydrogen-bond acceptors (Lipinski definition) is 4. The second kappa shape index (κ2) is 6.76. The lowest BCUT2D eigenvalue weighted by Gasteiger charge is -2.03. The summed E-state index contributed by atoms with van der Waals surface area (Å²) < 4.78 is 4.98. The van der Waals surface area contributed by atoms with Gasteiger partial charge in [-0.2, -0.15) is 5.10 Å². The number of carbonyl (C=O) groups excluding carboxylic acids is 1. The maximum Gasteiger partial charge on any atom is 0.271 e. The van der Waals surface area contributed by atoms with Crippen molar-refractivity contribution in [2.75, 3.05) is 7.11 Å². The predicted octanol–water partition coefficient (Wildman–Crippen LogP) is 2.82. The molecule has 1 amide bonds. The third-order valence-electron chi connectivity index (χ3n) is 2.67. The van der Waals surface area contributed by atoms with Crippen LogP contribution in [0.3, 0.4) is 0 Å². The average molecular weight is 305 g/mol. The number of hydrogen-bond donors (Lipinski definition) is 2. The summed E-state index contributed by atoms with van der Waals surface area (Å²) in [6.45, 7) is 0. The molecule has 0 fully saturated rings. The second-order valence-corrected chi connectivity index (χ2v) is 4.58. The van der Waals surface area contributed by atoms with Gasteiger partial charge in [-0.3, -0.25) is 4.79 Å². The van der Waals surface area contributed by atoms with Crippen LogP contribution in [-0.2, 0) is 0 Å². The Bertz CT molecular complexity index is 686. The molecule has 0 saturated heterocycles. The van der Waals surface area contributed by atoms with Crippen molar-refractivity contribution in [2.45, 2.75) is 0 Å². The van der Waals surface area contributed by atoms with Crippen LogP contribution in [0.2, 0.25) is 5.02 Å². The van der Waals surface area contributed by atoms with E-state index in [1.807, 2.05) is 0 Å². The van der Waals surface area contributed by atoms with Crippen molar-refractivity contribution in [1.29, 1.82) is 0 Å². The van der Waals surface area contributed by atoms with Crippen molar-refractivity contribution >= 4 is 23.7 Å². The van der Waals surface area contributed by atoms with E-state index in [1.54, 1.807) is 36.4 Å². The van der Waals surface area contributed by atoms with Gasteiger partial charge < -0.3 is 9.84 Å². The van der Waals surface area contributed by atoms with Gasteiger partial charge in [0.2, 0.25) is 0 Å². The number of benzene rings is 2. The zero-order valence-corrected chi connectivity index (χ0v) is 12.0. The van der Waals surface area contributed by atoms with Crippen LogP contribution in [0.4, 0.5) is 0 Å². The summed E-state index contributed by atoms with van der Waals surface area (Å²) in [4.78, 5) is 11.8. The number of amides is 1. The lowest BCUT2D eigenvalue weighted by Crippen LogP contribution is -2.17. The Morgan fingerprint density at radius 3 is 2.86 bits per heavy atom. The standard InChI is InChI=1S/C15H13ClN2O3/c1-21-14-7-10(5-6-13(14)19)9-17-18-15(20)11-3-2-4-12(16)8-11/h2-9,19H,1H3,(H,18,20). The van der Waals surface area contributed by atoms with Crippen LogP contribution < -0.4 is 10.2 Å². The molecule has 108 valence electrons. The van der Waals surface area contributed by atoms with Crippen LogP contribution in [0, 0.1) is 0 Å². The zero-order chi connectivity index (χ0) is 15.2. The van der Waals surface area contributed by atoms with E-state index in [0.717, 1.165) is 0 Å². The number of ether oxygens (including phenoxy) is 1. The highest BCUT2D eigenvalue weighted by Crippen LogP contribution is 2.25. The summed E-state index contributed by atoms with van der Waals surface area (Å²) in [6, 6.07) is 11.3. The Morgan fingerprint density at radius 1 is 1.33 bits per heavy atom. The number of methoxy groups -OCH3 is 1. The summed E-state index contributed by atoms with van der Waals surface area (Å²) in [7, 11) is 1.46. The maximum atomic E-state index is 11.8. The van der Waals surface area contributed by atoms with Gasteiger partial charge in [-0.05, 0) is 42.0 Å². The highest BCUT2D eigenvalue weighted by atomic mass is 35.5. The van der Waals surface area contributed by atoms with Gasteiger partial charge in [0.1, 0.15) is 0 Å². The Kier molecular flexibility index (Phi) is 4.79. The molecule has 0 spiro atoms. The Hall–Kier alpha value is -2.53. The van der Waals surface area contributed by atoms with Crippen molar-refractivity contribution in [2.24, 2.45) is 5.10 Å². The number of nitrogens with zero attached hydrogens (tertiary/aromatic N) is 1. The van der Waals surface area contributed by atoms with E-state index < -0.39 is 0 Å². The van der Waals surface area contributed by atoms with Gasteiger partial charge >= 0.3 is 0 Å². The maximum absolute atomic E-state index is 11.8. The zero-order valence-electron chi connectivity index (χ0n) is 11.2. The highest BCUT2D eigenvalue weighted by molar-refractivity contribution is 6.30. The highest BCUT2D eigenvalue weighted by Gasteiger charge is 2.04. The van der Waals surface area contributed by atoms with Crippen molar-refractivity contribution < 1.29 is 14.6 Å². The Morgan fingerprint density at radius 2 is 2.14 bits per heavy atom. The largest absolute Gasteiger partial charge is 0.504 e. The molecule has 2 aromatic rings. The van der Waals surface area contributed by atoms with Gasteiger partial charge in [-0.1, -0.05) is 17.7 Å².